The highest BCUT2D eigenvalue weighted by Crippen LogP contribution is 2.59. The summed E-state index contributed by atoms with van der Waals surface area (Å²) in [5.41, 5.74) is 11.9. The third kappa shape index (κ3) is 3.68. The molecule has 0 spiro atoms. The van der Waals surface area contributed by atoms with Crippen LogP contribution < -0.4 is 0 Å². The molecule has 0 radical (unpaired) electrons. The Morgan fingerprint density at radius 1 is 1.11 bits per heavy atom. The van der Waals surface area contributed by atoms with Gasteiger partial charge in [0.25, 0.3) is 0 Å². The minimum atomic E-state index is 0.0529. The summed E-state index contributed by atoms with van der Waals surface area (Å²) in [5.74, 6) is 0.798. The molecule has 2 aromatic heterocycles. The number of para-hydroxylation sites is 1. The number of hydrogen-bond acceptors (Lipinski definition) is 3. The summed E-state index contributed by atoms with van der Waals surface area (Å²) < 4.78 is 3.57. The smallest absolute Gasteiger partial charge is 0.131 e. The maximum atomic E-state index is 11.9. The predicted molar refractivity (Wildman–Crippen MR) is 181 cm³/mol. The summed E-state index contributed by atoms with van der Waals surface area (Å²) in [4.78, 5) is 6.72. The Bertz CT molecular complexity index is 1930. The van der Waals surface area contributed by atoms with Gasteiger partial charge in [0.05, 0.1) is 36.5 Å². The number of allylic oxidation sites excluding steroid dienone is 1. The van der Waals surface area contributed by atoms with Crippen molar-refractivity contribution in [1.29, 1.82) is 0 Å². The van der Waals surface area contributed by atoms with Gasteiger partial charge in [-0.2, -0.15) is 0 Å². The van der Waals surface area contributed by atoms with Gasteiger partial charge >= 0.3 is 0 Å². The molecule has 0 saturated carbocycles. The predicted octanol–water partition coefficient (Wildman–Crippen LogP) is 7.21. The summed E-state index contributed by atoms with van der Waals surface area (Å²) in [6.07, 6.45) is 12.4. The highest BCUT2D eigenvalue weighted by atomic mass is 16.3. The van der Waals surface area contributed by atoms with Gasteiger partial charge in [0.15, 0.2) is 0 Å². The fourth-order valence-corrected chi connectivity index (χ4v) is 10.8. The molecule has 0 aliphatic carbocycles. The molecule has 3 N–H and O–H groups in total. The van der Waals surface area contributed by atoms with Crippen molar-refractivity contribution in [3.63, 3.8) is 0 Å². The van der Waals surface area contributed by atoms with Crippen LogP contribution in [-0.4, -0.2) is 69.0 Å². The van der Waals surface area contributed by atoms with Crippen LogP contribution in [0.1, 0.15) is 86.1 Å². The van der Waals surface area contributed by atoms with E-state index in [4.69, 9.17) is 0 Å². The number of benzene rings is 2. The van der Waals surface area contributed by atoms with Crippen molar-refractivity contribution in [1.82, 2.24) is 14.5 Å². The molecule has 0 bridgehead atoms. The van der Waals surface area contributed by atoms with Crippen molar-refractivity contribution >= 4 is 27.5 Å². The van der Waals surface area contributed by atoms with Crippen molar-refractivity contribution in [2.75, 3.05) is 39.8 Å². The molecule has 6 heteroatoms. The van der Waals surface area contributed by atoms with E-state index in [1.165, 1.54) is 69.5 Å². The van der Waals surface area contributed by atoms with Gasteiger partial charge in [0.1, 0.15) is 18.3 Å². The van der Waals surface area contributed by atoms with Gasteiger partial charge in [-0.05, 0) is 86.4 Å². The van der Waals surface area contributed by atoms with E-state index in [0.29, 0.717) is 23.8 Å². The van der Waals surface area contributed by atoms with Gasteiger partial charge in [-0.3, -0.25) is 4.90 Å². The van der Waals surface area contributed by atoms with Crippen molar-refractivity contribution in [2.24, 2.45) is 11.3 Å². The molecule has 234 valence electrons. The van der Waals surface area contributed by atoms with Gasteiger partial charge in [-0.1, -0.05) is 37.3 Å². The van der Waals surface area contributed by atoms with E-state index in [0.717, 1.165) is 67.3 Å². The monoisotopic (exact) mass is 603 g/mol. The van der Waals surface area contributed by atoms with Gasteiger partial charge in [0.2, 0.25) is 0 Å². The molecule has 2 aromatic carbocycles. The summed E-state index contributed by atoms with van der Waals surface area (Å²) >= 11 is 0. The number of nitrogens with one attached hydrogen (secondary N) is 1. The van der Waals surface area contributed by atoms with E-state index >= 15 is 0 Å². The number of hydrogen-bond donors (Lipinski definition) is 3. The van der Waals surface area contributed by atoms with Crippen LogP contribution in [0.5, 0.6) is 5.75 Å². The lowest BCUT2D eigenvalue weighted by atomic mass is 9.66. The van der Waals surface area contributed by atoms with Crippen molar-refractivity contribution in [3.8, 4) is 5.75 Å². The number of nitrogens with zero attached hydrogens (tertiary/aromatic N) is 3. The zero-order valence-electron chi connectivity index (χ0n) is 27.1. The van der Waals surface area contributed by atoms with Gasteiger partial charge in [-0.15, -0.1) is 0 Å². The van der Waals surface area contributed by atoms with E-state index < -0.39 is 0 Å². The molecular weight excluding hydrogens is 556 g/mol. The minimum Gasteiger partial charge on any atom is -0.507 e. The molecule has 45 heavy (non-hydrogen) atoms. The first kappa shape index (κ1) is 27.9. The lowest BCUT2D eigenvalue weighted by Gasteiger charge is -2.53. The minimum absolute atomic E-state index is 0.0529. The third-order valence-electron chi connectivity index (χ3n) is 13.0. The number of phenolic OH excluding ortho intramolecular Hbond substituents is 1. The molecule has 0 unspecified atom stereocenters. The molecule has 5 atom stereocenters. The first-order valence-electron chi connectivity index (χ1n) is 17.5. The van der Waals surface area contributed by atoms with Crippen molar-refractivity contribution in [3.05, 3.63) is 82.2 Å². The Balaban J connectivity index is 1.30. The topological polar surface area (TPSA) is 64.4 Å². The molecule has 5 aliphatic rings. The van der Waals surface area contributed by atoms with Crippen LogP contribution >= 0.6 is 0 Å². The van der Waals surface area contributed by atoms with E-state index in [2.05, 4.69) is 77.8 Å². The number of aliphatic hydroxyl groups is 1. The van der Waals surface area contributed by atoms with E-state index in [1.807, 2.05) is 6.07 Å². The zero-order valence-corrected chi connectivity index (χ0v) is 27.1. The number of likely N-dealkylation sites (N-methyl/N-ethyl adjacent to an activating group) is 1. The highest BCUT2D eigenvalue weighted by Gasteiger charge is 2.51. The maximum absolute atomic E-state index is 11.9. The largest absolute Gasteiger partial charge is 0.507 e. The quantitative estimate of drug-likeness (QED) is 0.171. The van der Waals surface area contributed by atoms with Gasteiger partial charge in [-0.25, -0.2) is 0 Å². The van der Waals surface area contributed by atoms with Crippen molar-refractivity contribution < 1.29 is 14.7 Å². The molecule has 6 nitrogen and oxygen atoms in total. The molecule has 9 rings (SSSR count). The second-order valence-electron chi connectivity index (χ2n) is 15.0. The normalized spacial score (nSPS) is 31.6. The summed E-state index contributed by atoms with van der Waals surface area (Å²) in [7, 11) is 2.43. The summed E-state index contributed by atoms with van der Waals surface area (Å²) in [6.45, 7) is 9.21. The van der Waals surface area contributed by atoms with E-state index in [-0.39, 0.29) is 12.0 Å². The fraction of sp³-hybridized carbons (Fsp3) is 0.487. The number of piperidine rings is 2. The molecular formula is C39H47N4O2+. The Kier molecular flexibility index (Phi) is 6.11. The van der Waals surface area contributed by atoms with Crippen LogP contribution in [0.2, 0.25) is 0 Å². The number of aromatic amines is 1. The number of aromatic nitrogens is 2. The van der Waals surface area contributed by atoms with Crippen LogP contribution in [0, 0.1) is 11.3 Å². The van der Waals surface area contributed by atoms with Gasteiger partial charge < -0.3 is 24.2 Å². The number of aromatic hydroxyl groups is 1. The second-order valence-corrected chi connectivity index (χ2v) is 15.0. The third-order valence-corrected chi connectivity index (χ3v) is 13.0. The van der Waals surface area contributed by atoms with Crippen LogP contribution in [0.4, 0.5) is 0 Å². The van der Waals surface area contributed by atoms with E-state index in [9.17, 15) is 10.2 Å². The molecule has 0 amide bonds. The maximum Gasteiger partial charge on any atom is 0.131 e. The van der Waals surface area contributed by atoms with Gasteiger partial charge in [0, 0.05) is 59.0 Å². The molecule has 5 aliphatic heterocycles. The molecule has 4 aromatic rings. The van der Waals surface area contributed by atoms with Crippen molar-refractivity contribution in [2.45, 2.75) is 70.9 Å². The Morgan fingerprint density at radius 2 is 1.98 bits per heavy atom. The first-order valence-corrected chi connectivity index (χ1v) is 17.5. The molecule has 7 heterocycles. The number of fused-ring (bicyclic) bond motifs is 8. The average molecular weight is 604 g/mol. The van der Waals surface area contributed by atoms with Crippen LogP contribution in [0.3, 0.4) is 0 Å². The lowest BCUT2D eigenvalue weighted by molar-refractivity contribution is -0.942. The van der Waals surface area contributed by atoms with Crippen LogP contribution in [-0.2, 0) is 12.8 Å². The SMILES string of the molecule is C/C=C1/C[N@@+]2(C)CCc3c([nH]c4ccc(O)c(C5=C[C@@]6(CC)CCCN7CCc8c(n5c5ccccc85)[C@H]76)c34)[C@H]2C[C@@H]1CCO. The van der Waals surface area contributed by atoms with E-state index in [1.54, 1.807) is 0 Å². The number of H-pyrrole nitrogens is 1. The number of aliphatic hydroxyl groups excluding tert-OH is 1. The molecule has 2 saturated heterocycles. The molecule has 2 fully saturated rings. The highest BCUT2D eigenvalue weighted by molar-refractivity contribution is 6.02. The number of rotatable bonds is 4. The average Bonchev–Trinajstić information content (AvgIpc) is 3.60. The number of quaternary nitrogens is 1. The Hall–Kier alpha value is -3.32. The first-order chi connectivity index (χ1) is 21.9. The van der Waals surface area contributed by atoms with Crippen LogP contribution in [0.15, 0.2) is 54.1 Å². The standard InChI is InChI=1S/C39H46N4O2/c1-4-24-23-43(3)19-14-28-34-29(40-36(28)32(43)21-25(24)15-20-44)11-12-33(45)35(34)31-22-39(5-2)16-8-17-41-18-13-27-26-9-6-7-10-30(26)42(31)37(27)38(39)41/h4,6-7,9-12,22,25,32,38,40,44H,5,8,13-21,23H2,1-3H3/p+1/b24-4-/t25-,32+,38-,39+,43+/m0/s1. The van der Waals surface area contributed by atoms with Crippen LogP contribution in [0.25, 0.3) is 27.5 Å². The summed E-state index contributed by atoms with van der Waals surface area (Å²) in [5, 5.41) is 24.5. The fourth-order valence-electron chi connectivity index (χ4n) is 10.8. The zero-order chi connectivity index (χ0) is 30.7. The number of phenols is 1. The Labute approximate surface area is 266 Å². The Morgan fingerprint density at radius 3 is 2.80 bits per heavy atom. The lowest BCUT2D eigenvalue weighted by Crippen LogP contribution is -2.56. The summed E-state index contributed by atoms with van der Waals surface area (Å²) in [6, 6.07) is 13.8. The second kappa shape index (κ2) is 9.84.